The van der Waals surface area contributed by atoms with E-state index in [2.05, 4.69) is 70.5 Å². The molecule has 1 saturated heterocycles. The number of nitro groups is 1. The molecule has 0 atom stereocenters. The van der Waals surface area contributed by atoms with Gasteiger partial charge in [0.2, 0.25) is 0 Å². The first kappa shape index (κ1) is 22.0. The minimum Gasteiger partial charge on any atom is -0.393 e. The molecule has 0 bridgehead atoms. The minimum absolute atomic E-state index is 0.00369. The van der Waals surface area contributed by atoms with Gasteiger partial charge in [0.05, 0.1) is 11.0 Å². The summed E-state index contributed by atoms with van der Waals surface area (Å²) in [5.74, 6) is 0. The van der Waals surface area contributed by atoms with Crippen molar-refractivity contribution < 1.29 is 4.92 Å². The van der Waals surface area contributed by atoms with Crippen LogP contribution in [-0.2, 0) is 6.42 Å². The number of nitrogens with two attached hydrogens (primary N) is 1. The molecule has 1 fully saturated rings. The van der Waals surface area contributed by atoms with Crippen LogP contribution in [0.4, 0.5) is 11.4 Å². The monoisotopic (exact) mass is 430 g/mol. The number of hydrogen-bond acceptors (Lipinski definition) is 5. The quantitative estimate of drug-likeness (QED) is 0.323. The van der Waals surface area contributed by atoms with Crippen molar-refractivity contribution in [1.29, 1.82) is 0 Å². The van der Waals surface area contributed by atoms with Crippen molar-refractivity contribution in [3.8, 4) is 0 Å². The third-order valence-electron chi connectivity index (χ3n) is 6.23. The van der Waals surface area contributed by atoms with E-state index in [0.29, 0.717) is 0 Å². The summed E-state index contributed by atoms with van der Waals surface area (Å²) in [5.41, 5.74) is 9.56. The van der Waals surface area contributed by atoms with E-state index in [1.165, 1.54) is 11.1 Å². The highest BCUT2D eigenvalue weighted by molar-refractivity contribution is 5.59. The van der Waals surface area contributed by atoms with Gasteiger partial charge in [-0.25, -0.2) is 0 Å². The maximum absolute atomic E-state index is 11.1. The third kappa shape index (κ3) is 5.33. The molecule has 1 aliphatic rings. The second-order valence-corrected chi connectivity index (χ2v) is 8.36. The summed E-state index contributed by atoms with van der Waals surface area (Å²) in [6.07, 6.45) is 1.79. The molecule has 6 heteroatoms. The van der Waals surface area contributed by atoms with Crippen LogP contribution in [0.15, 0.2) is 78.9 Å². The Labute approximate surface area is 189 Å². The molecular weight excluding hydrogens is 400 g/mol. The van der Waals surface area contributed by atoms with E-state index in [-0.39, 0.29) is 17.4 Å². The molecule has 0 aliphatic carbocycles. The zero-order valence-electron chi connectivity index (χ0n) is 18.3. The third-order valence-corrected chi connectivity index (χ3v) is 6.23. The van der Waals surface area contributed by atoms with Crippen LogP contribution in [0.1, 0.15) is 29.2 Å². The number of hydrogen-bond donors (Lipinski definition) is 1. The van der Waals surface area contributed by atoms with Crippen molar-refractivity contribution >= 4 is 11.4 Å². The van der Waals surface area contributed by atoms with E-state index in [4.69, 9.17) is 5.73 Å². The smallest absolute Gasteiger partial charge is 0.292 e. The van der Waals surface area contributed by atoms with Gasteiger partial charge in [-0.15, -0.1) is 0 Å². The molecule has 3 aromatic carbocycles. The number of nitrogen functional groups attached to an aromatic ring is 1. The number of nitrogens with zero attached hydrogens (tertiary/aromatic N) is 3. The van der Waals surface area contributed by atoms with Crippen LogP contribution in [0.25, 0.3) is 0 Å². The number of anilines is 1. The first-order valence-electron chi connectivity index (χ1n) is 11.2. The van der Waals surface area contributed by atoms with E-state index in [1.807, 2.05) is 6.07 Å². The zero-order chi connectivity index (χ0) is 22.3. The Kier molecular flexibility index (Phi) is 7.14. The minimum atomic E-state index is -0.409. The highest BCUT2D eigenvalue weighted by Crippen LogP contribution is 2.29. The van der Waals surface area contributed by atoms with Crippen molar-refractivity contribution in [3.05, 3.63) is 106 Å². The van der Waals surface area contributed by atoms with E-state index >= 15 is 0 Å². The van der Waals surface area contributed by atoms with Crippen LogP contribution < -0.4 is 5.73 Å². The summed E-state index contributed by atoms with van der Waals surface area (Å²) in [7, 11) is 0. The average molecular weight is 431 g/mol. The van der Waals surface area contributed by atoms with Crippen molar-refractivity contribution in [2.75, 3.05) is 38.5 Å². The van der Waals surface area contributed by atoms with Gasteiger partial charge in [0, 0.05) is 32.2 Å². The van der Waals surface area contributed by atoms with Crippen LogP contribution >= 0.6 is 0 Å². The van der Waals surface area contributed by atoms with Crippen molar-refractivity contribution in [3.63, 3.8) is 0 Å². The second kappa shape index (κ2) is 10.4. The lowest BCUT2D eigenvalue weighted by atomic mass is 9.96. The Morgan fingerprint density at radius 1 is 0.875 bits per heavy atom. The molecule has 0 saturated carbocycles. The van der Waals surface area contributed by atoms with Gasteiger partial charge in [0.25, 0.3) is 5.69 Å². The molecule has 3 aromatic rings. The predicted molar refractivity (Wildman–Crippen MR) is 129 cm³/mol. The van der Waals surface area contributed by atoms with Gasteiger partial charge >= 0.3 is 0 Å². The molecule has 32 heavy (non-hydrogen) atoms. The first-order valence-corrected chi connectivity index (χ1v) is 11.2. The largest absolute Gasteiger partial charge is 0.393 e. The fraction of sp³-hybridized carbons (Fsp3) is 0.308. The van der Waals surface area contributed by atoms with E-state index in [0.717, 1.165) is 51.1 Å². The summed E-state index contributed by atoms with van der Waals surface area (Å²) < 4.78 is 0. The second-order valence-electron chi connectivity index (χ2n) is 8.36. The highest BCUT2D eigenvalue weighted by Gasteiger charge is 2.26. The molecular formula is C26H30N4O2. The molecule has 0 aromatic heterocycles. The molecule has 1 heterocycles. The Hall–Kier alpha value is -3.22. The van der Waals surface area contributed by atoms with Crippen LogP contribution in [0.5, 0.6) is 0 Å². The summed E-state index contributed by atoms with van der Waals surface area (Å²) >= 11 is 0. The molecule has 0 spiro atoms. The Bertz CT molecular complexity index is 979. The number of aryl methyl sites for hydroxylation is 1. The van der Waals surface area contributed by atoms with Crippen LogP contribution in [0.2, 0.25) is 0 Å². The van der Waals surface area contributed by atoms with Gasteiger partial charge in [-0.05, 0) is 42.1 Å². The molecule has 6 nitrogen and oxygen atoms in total. The first-order chi connectivity index (χ1) is 15.6. The molecule has 166 valence electrons. The average Bonchev–Trinajstić information content (AvgIpc) is 2.82. The lowest BCUT2D eigenvalue weighted by molar-refractivity contribution is -0.384. The van der Waals surface area contributed by atoms with Gasteiger partial charge in [0.15, 0.2) is 0 Å². The maximum atomic E-state index is 11.1. The lowest BCUT2D eigenvalue weighted by Gasteiger charge is -2.39. The van der Waals surface area contributed by atoms with E-state index in [9.17, 15) is 10.1 Å². The van der Waals surface area contributed by atoms with Crippen molar-refractivity contribution in [1.82, 2.24) is 9.80 Å². The highest BCUT2D eigenvalue weighted by atomic mass is 16.6. The maximum Gasteiger partial charge on any atom is 0.292 e. The zero-order valence-corrected chi connectivity index (χ0v) is 18.3. The van der Waals surface area contributed by atoms with Gasteiger partial charge < -0.3 is 10.6 Å². The number of piperazine rings is 1. The molecule has 4 rings (SSSR count). The van der Waals surface area contributed by atoms with Gasteiger partial charge in [-0.1, -0.05) is 66.7 Å². The number of rotatable bonds is 8. The topological polar surface area (TPSA) is 75.6 Å². The molecule has 0 amide bonds. The Morgan fingerprint density at radius 3 is 2.03 bits per heavy atom. The van der Waals surface area contributed by atoms with Gasteiger partial charge in [-0.2, -0.15) is 0 Å². The summed E-state index contributed by atoms with van der Waals surface area (Å²) in [4.78, 5) is 15.8. The number of nitro benzene ring substituents is 1. The molecule has 0 unspecified atom stereocenters. The summed E-state index contributed by atoms with van der Waals surface area (Å²) in [6.45, 7) is 5.08. The number of benzene rings is 3. The molecule has 2 N–H and O–H groups in total. The Balaban J connectivity index is 1.33. The molecule has 0 radical (unpaired) electrons. The lowest BCUT2D eigenvalue weighted by Crippen LogP contribution is -2.48. The van der Waals surface area contributed by atoms with Crippen molar-refractivity contribution in [2.45, 2.75) is 18.9 Å². The van der Waals surface area contributed by atoms with E-state index < -0.39 is 4.92 Å². The van der Waals surface area contributed by atoms with E-state index in [1.54, 1.807) is 12.1 Å². The van der Waals surface area contributed by atoms with Crippen LogP contribution in [-0.4, -0.2) is 47.4 Å². The summed E-state index contributed by atoms with van der Waals surface area (Å²) in [6, 6.07) is 26.9. The van der Waals surface area contributed by atoms with Gasteiger partial charge in [-0.3, -0.25) is 15.0 Å². The fourth-order valence-electron chi connectivity index (χ4n) is 4.54. The van der Waals surface area contributed by atoms with Crippen LogP contribution in [0.3, 0.4) is 0 Å². The van der Waals surface area contributed by atoms with Gasteiger partial charge in [0.1, 0.15) is 5.69 Å². The summed E-state index contributed by atoms with van der Waals surface area (Å²) in [5, 5.41) is 11.1. The van der Waals surface area contributed by atoms with Crippen LogP contribution in [0, 0.1) is 10.1 Å². The van der Waals surface area contributed by atoms with Crippen molar-refractivity contribution in [2.24, 2.45) is 0 Å². The standard InChI is InChI=1S/C26H30N4O2/c27-24-14-13-21(20-25(24)30(31)32)8-7-15-28-16-18-29(19-17-28)26(22-9-3-1-4-10-22)23-11-5-2-6-12-23/h1-6,9-14,20,26H,7-8,15-19,27H2. The SMILES string of the molecule is Nc1ccc(CCCN2CCN(C(c3ccccc3)c3ccccc3)CC2)cc1[N+](=O)[O-]. The normalized spacial score (nSPS) is 15.2. The Morgan fingerprint density at radius 2 is 1.47 bits per heavy atom. The fourth-order valence-corrected chi connectivity index (χ4v) is 4.54. The molecule has 1 aliphatic heterocycles. The predicted octanol–water partition coefficient (Wildman–Crippen LogP) is 4.52.